The van der Waals surface area contributed by atoms with Gasteiger partial charge in [0.2, 0.25) is 5.91 Å². The predicted molar refractivity (Wildman–Crippen MR) is 119 cm³/mol. The van der Waals surface area contributed by atoms with Crippen LogP contribution in [0.15, 0.2) is 59.1 Å². The molecule has 1 unspecified atom stereocenters. The number of aromatic nitrogens is 1. The molecule has 1 atom stereocenters. The minimum absolute atomic E-state index is 0.0922. The molecule has 1 heterocycles. The summed E-state index contributed by atoms with van der Waals surface area (Å²) in [6.45, 7) is 4.05. The Bertz CT molecular complexity index is 1030. The molecule has 0 aliphatic rings. The van der Waals surface area contributed by atoms with Gasteiger partial charge in [-0.2, -0.15) is 0 Å². The summed E-state index contributed by atoms with van der Waals surface area (Å²) in [5.74, 6) is 1.39. The minimum Gasteiger partial charge on any atom is -0.494 e. The highest BCUT2D eigenvalue weighted by Gasteiger charge is 2.16. The van der Waals surface area contributed by atoms with Gasteiger partial charge in [0.1, 0.15) is 11.5 Å². The van der Waals surface area contributed by atoms with Crippen molar-refractivity contribution in [3.63, 3.8) is 0 Å². The number of hydrogen-bond donors (Lipinski definition) is 2. The standard InChI is InChI=1S/C23H24ClN3O5/c1-3-30-18-8-10-19(11-9-18)31-15(2)23(29)27-26-21(28)12-13-22-25-14-20(32-22)16-4-6-17(24)7-5-16/h4-11,14-15H,3,12-13H2,1-2H3,(H,26,28)(H,27,29). The lowest BCUT2D eigenvalue weighted by atomic mass is 10.2. The van der Waals surface area contributed by atoms with Gasteiger partial charge in [0, 0.05) is 23.4 Å². The molecule has 32 heavy (non-hydrogen) atoms. The Morgan fingerprint density at radius 1 is 1.06 bits per heavy atom. The first-order valence-corrected chi connectivity index (χ1v) is 10.5. The quantitative estimate of drug-likeness (QED) is 0.472. The van der Waals surface area contributed by atoms with Crippen molar-refractivity contribution < 1.29 is 23.5 Å². The molecule has 3 aromatic rings. The fourth-order valence-electron chi connectivity index (χ4n) is 2.73. The molecule has 0 bridgehead atoms. The molecule has 3 rings (SSSR count). The van der Waals surface area contributed by atoms with Crippen LogP contribution in [0.25, 0.3) is 11.3 Å². The second-order valence-electron chi connectivity index (χ2n) is 6.83. The second-order valence-corrected chi connectivity index (χ2v) is 7.26. The average Bonchev–Trinajstić information content (AvgIpc) is 3.27. The van der Waals surface area contributed by atoms with Crippen LogP contribution in [0.5, 0.6) is 11.5 Å². The third-order valence-corrected chi connectivity index (χ3v) is 4.64. The van der Waals surface area contributed by atoms with Crippen LogP contribution in [0.3, 0.4) is 0 Å². The lowest BCUT2D eigenvalue weighted by molar-refractivity contribution is -0.132. The third-order valence-electron chi connectivity index (χ3n) is 4.39. The number of oxazole rings is 1. The fourth-order valence-corrected chi connectivity index (χ4v) is 2.85. The van der Waals surface area contributed by atoms with Crippen LogP contribution < -0.4 is 20.3 Å². The first-order valence-electron chi connectivity index (χ1n) is 10.1. The number of carbonyl (C=O) groups is 2. The van der Waals surface area contributed by atoms with Crippen molar-refractivity contribution in [2.75, 3.05) is 6.61 Å². The van der Waals surface area contributed by atoms with Crippen LogP contribution >= 0.6 is 11.6 Å². The fraction of sp³-hybridized carbons (Fsp3) is 0.261. The molecular weight excluding hydrogens is 434 g/mol. The molecule has 2 amide bonds. The van der Waals surface area contributed by atoms with Crippen molar-refractivity contribution in [3.8, 4) is 22.8 Å². The smallest absolute Gasteiger partial charge is 0.279 e. The normalized spacial score (nSPS) is 11.5. The van der Waals surface area contributed by atoms with E-state index in [0.717, 1.165) is 11.3 Å². The van der Waals surface area contributed by atoms with Gasteiger partial charge in [0.05, 0.1) is 12.8 Å². The summed E-state index contributed by atoms with van der Waals surface area (Å²) in [5, 5.41) is 0.631. The molecule has 0 saturated carbocycles. The molecule has 2 aromatic carbocycles. The van der Waals surface area contributed by atoms with E-state index in [9.17, 15) is 9.59 Å². The first-order chi connectivity index (χ1) is 15.4. The maximum atomic E-state index is 12.2. The summed E-state index contributed by atoms with van der Waals surface area (Å²) in [4.78, 5) is 28.4. The molecular formula is C23H24ClN3O5. The lowest BCUT2D eigenvalue weighted by Gasteiger charge is -2.15. The van der Waals surface area contributed by atoms with Gasteiger partial charge in [-0.1, -0.05) is 11.6 Å². The second kappa shape index (κ2) is 11.2. The van der Waals surface area contributed by atoms with Gasteiger partial charge in [-0.3, -0.25) is 20.4 Å². The van der Waals surface area contributed by atoms with E-state index in [2.05, 4.69) is 15.8 Å². The summed E-state index contributed by atoms with van der Waals surface area (Å²) in [6.07, 6.45) is 1.17. The summed E-state index contributed by atoms with van der Waals surface area (Å²) in [6, 6.07) is 14.1. The highest BCUT2D eigenvalue weighted by molar-refractivity contribution is 6.30. The Kier molecular flexibility index (Phi) is 8.10. The molecule has 2 N–H and O–H groups in total. The number of ether oxygens (including phenoxy) is 2. The summed E-state index contributed by atoms with van der Waals surface area (Å²) in [7, 11) is 0. The molecule has 0 radical (unpaired) electrons. The summed E-state index contributed by atoms with van der Waals surface area (Å²) in [5.41, 5.74) is 5.56. The minimum atomic E-state index is -0.804. The first kappa shape index (κ1) is 23.1. The average molecular weight is 458 g/mol. The SMILES string of the molecule is CCOc1ccc(OC(C)C(=O)NNC(=O)CCc2ncc(-c3ccc(Cl)cc3)o2)cc1. The largest absolute Gasteiger partial charge is 0.494 e. The molecule has 0 spiro atoms. The third kappa shape index (κ3) is 6.75. The monoisotopic (exact) mass is 457 g/mol. The van der Waals surface area contributed by atoms with Crippen LogP contribution in [-0.2, 0) is 16.0 Å². The van der Waals surface area contributed by atoms with E-state index in [-0.39, 0.29) is 18.7 Å². The highest BCUT2D eigenvalue weighted by Crippen LogP contribution is 2.22. The van der Waals surface area contributed by atoms with Gasteiger partial charge in [-0.25, -0.2) is 4.98 Å². The molecule has 0 saturated heterocycles. The number of rotatable bonds is 9. The zero-order valence-electron chi connectivity index (χ0n) is 17.8. The zero-order valence-corrected chi connectivity index (χ0v) is 18.5. The molecule has 0 aliphatic carbocycles. The Morgan fingerprint density at radius 2 is 1.75 bits per heavy atom. The van der Waals surface area contributed by atoms with E-state index in [1.807, 2.05) is 19.1 Å². The van der Waals surface area contributed by atoms with E-state index in [4.69, 9.17) is 25.5 Å². The van der Waals surface area contributed by atoms with Crippen molar-refractivity contribution in [2.45, 2.75) is 32.8 Å². The predicted octanol–water partition coefficient (Wildman–Crippen LogP) is 3.94. The van der Waals surface area contributed by atoms with E-state index in [1.165, 1.54) is 0 Å². The van der Waals surface area contributed by atoms with Crippen molar-refractivity contribution in [2.24, 2.45) is 0 Å². The number of aryl methyl sites for hydroxylation is 1. The number of hydrazine groups is 1. The molecule has 8 nitrogen and oxygen atoms in total. The van der Waals surface area contributed by atoms with E-state index in [1.54, 1.807) is 49.5 Å². The Hall–Kier alpha value is -3.52. The highest BCUT2D eigenvalue weighted by atomic mass is 35.5. The number of carbonyl (C=O) groups excluding carboxylic acids is 2. The maximum absolute atomic E-state index is 12.2. The number of nitrogens with one attached hydrogen (secondary N) is 2. The van der Waals surface area contributed by atoms with Gasteiger partial charge >= 0.3 is 0 Å². The number of halogens is 1. The van der Waals surface area contributed by atoms with Crippen molar-refractivity contribution in [1.29, 1.82) is 0 Å². The van der Waals surface area contributed by atoms with Crippen LogP contribution in [-0.4, -0.2) is 29.5 Å². The van der Waals surface area contributed by atoms with E-state index < -0.39 is 12.0 Å². The number of amides is 2. The van der Waals surface area contributed by atoms with Crippen molar-refractivity contribution in [3.05, 3.63) is 65.6 Å². The topological polar surface area (TPSA) is 103 Å². The maximum Gasteiger partial charge on any atom is 0.279 e. The van der Waals surface area contributed by atoms with Gasteiger partial charge in [0.25, 0.3) is 5.91 Å². The lowest BCUT2D eigenvalue weighted by Crippen LogP contribution is -2.47. The Balaban J connectivity index is 1.40. The number of hydrogen-bond acceptors (Lipinski definition) is 6. The van der Waals surface area contributed by atoms with Gasteiger partial charge < -0.3 is 13.9 Å². The number of benzene rings is 2. The van der Waals surface area contributed by atoms with Crippen LogP contribution in [0, 0.1) is 0 Å². The van der Waals surface area contributed by atoms with Gasteiger partial charge in [-0.05, 0) is 62.4 Å². The van der Waals surface area contributed by atoms with Gasteiger partial charge in [-0.15, -0.1) is 0 Å². The number of nitrogens with zero attached hydrogens (tertiary/aromatic N) is 1. The van der Waals surface area contributed by atoms with E-state index >= 15 is 0 Å². The molecule has 1 aromatic heterocycles. The van der Waals surface area contributed by atoms with Crippen molar-refractivity contribution in [1.82, 2.24) is 15.8 Å². The molecule has 168 valence electrons. The summed E-state index contributed by atoms with van der Waals surface area (Å²) >= 11 is 5.88. The Morgan fingerprint density at radius 3 is 2.44 bits per heavy atom. The van der Waals surface area contributed by atoms with Gasteiger partial charge in [0.15, 0.2) is 17.8 Å². The Labute approximate surface area is 190 Å². The molecule has 9 heteroatoms. The van der Waals surface area contributed by atoms with Crippen LogP contribution in [0.2, 0.25) is 5.02 Å². The van der Waals surface area contributed by atoms with Crippen molar-refractivity contribution >= 4 is 23.4 Å². The van der Waals surface area contributed by atoms with Crippen LogP contribution in [0.4, 0.5) is 0 Å². The van der Waals surface area contributed by atoms with E-state index in [0.29, 0.717) is 29.0 Å². The van der Waals surface area contributed by atoms with Crippen LogP contribution in [0.1, 0.15) is 26.2 Å². The molecule has 0 aliphatic heterocycles. The zero-order chi connectivity index (χ0) is 22.9. The molecule has 0 fully saturated rings. The summed E-state index contributed by atoms with van der Waals surface area (Å²) < 4.78 is 16.6.